The van der Waals surface area contributed by atoms with Gasteiger partial charge in [-0.2, -0.15) is 0 Å². The maximum atomic E-state index is 14.7. The third-order valence-corrected chi connectivity index (χ3v) is 10.6. The van der Waals surface area contributed by atoms with Gasteiger partial charge >= 0.3 is 48.8 Å². The van der Waals surface area contributed by atoms with E-state index in [9.17, 15) is 69.0 Å². The van der Waals surface area contributed by atoms with Gasteiger partial charge < -0.3 is 43.4 Å². The summed E-state index contributed by atoms with van der Waals surface area (Å²) >= 11 is 0. The van der Waals surface area contributed by atoms with Crippen LogP contribution in [-0.2, 0) is 68.9 Å². The largest absolute Gasteiger partial charge is 0.573 e. The number of benzene rings is 4. The number of ether oxygens (including phenoxy) is 7. The van der Waals surface area contributed by atoms with Gasteiger partial charge in [0, 0.05) is 130 Å². The normalized spacial score (nSPS) is 16.2. The second-order valence-electron chi connectivity index (χ2n) is 21.8. The van der Waals surface area contributed by atoms with Gasteiger partial charge in [-0.1, -0.05) is 84.9 Å². The summed E-state index contributed by atoms with van der Waals surface area (Å²) in [5.74, 6) is -4.94. The minimum Gasteiger partial charge on any atom is -0.480 e. The molecular weight excluding hydrogens is 1120 g/mol. The quantitative estimate of drug-likeness (QED) is 0.0451. The number of esters is 3. The molecule has 522 valence electrons. The first-order chi connectivity index (χ1) is 68.0. The molecule has 0 spiro atoms. The summed E-state index contributed by atoms with van der Waals surface area (Å²) in [4.78, 5) is 75.4. The molecule has 0 aromatic heterocycles. The summed E-state index contributed by atoms with van der Waals surface area (Å²) in [6.45, 7) is 14.7. The second kappa shape index (κ2) is 31.1. The Hall–Kier alpha value is -7.70. The van der Waals surface area contributed by atoms with Crippen molar-refractivity contribution in [3.63, 3.8) is 0 Å². The highest BCUT2D eigenvalue weighted by atomic mass is 19.4. The zero-order valence-electron chi connectivity index (χ0n) is 108. The molecule has 17 nitrogen and oxygen atoms in total. The van der Waals surface area contributed by atoms with E-state index in [1.54, 1.807) is 96.1 Å². The second-order valence-corrected chi connectivity index (χ2v) is 21.8. The molecule has 0 fully saturated rings. The number of amides is 2. The summed E-state index contributed by atoms with van der Waals surface area (Å²) in [6.07, 6.45) is -15.4. The maximum absolute atomic E-state index is 14.7. The average Bonchev–Trinajstić information content (AvgIpc) is 0.839. The lowest BCUT2D eigenvalue weighted by Crippen LogP contribution is -2.49. The Morgan fingerprint density at radius 3 is 1.19 bits per heavy atom. The van der Waals surface area contributed by atoms with Crippen molar-refractivity contribution in [1.29, 1.82) is 0 Å². The highest BCUT2D eigenvalue weighted by Gasteiger charge is 2.40. The van der Waals surface area contributed by atoms with Gasteiger partial charge in [0.05, 0.1) is 0 Å². The Labute approximate surface area is 570 Å². The molecule has 0 bridgehead atoms. The van der Waals surface area contributed by atoms with Crippen molar-refractivity contribution in [1.82, 2.24) is 9.80 Å². The lowest BCUT2D eigenvalue weighted by atomic mass is 10.00. The van der Waals surface area contributed by atoms with Crippen molar-refractivity contribution >= 4 is 36.1 Å². The number of aliphatic hydroxyl groups excluding tert-OH is 1. The molecule has 0 aliphatic heterocycles. The molecule has 0 aliphatic carbocycles. The molecule has 0 heterocycles. The number of halogens is 8. The van der Waals surface area contributed by atoms with E-state index in [2.05, 4.69) is 9.47 Å². The van der Waals surface area contributed by atoms with Crippen LogP contribution in [-0.4, -0.2) is 130 Å². The molecule has 0 unspecified atom stereocenters. The first-order valence-corrected chi connectivity index (χ1v) is 25.5. The number of carbonyl (C=O) groups is 6. The summed E-state index contributed by atoms with van der Waals surface area (Å²) in [7, 11) is 2.53. The van der Waals surface area contributed by atoms with E-state index >= 15 is 0 Å². The third-order valence-electron chi connectivity index (χ3n) is 10.6. The lowest BCUT2D eigenvalue weighted by Gasteiger charge is -2.32. The molecule has 83 heavy (non-hydrogen) atoms. The van der Waals surface area contributed by atoms with Crippen LogP contribution >= 0.6 is 0 Å². The summed E-state index contributed by atoms with van der Waals surface area (Å²) < 4.78 is 436. The molecule has 4 atom stereocenters. The minimum atomic E-state index is -4.89. The molecule has 2 N–H and O–H groups in total. The van der Waals surface area contributed by atoms with Gasteiger partial charge in [0.2, 0.25) is 6.10 Å². The molecule has 2 amide bonds. The van der Waals surface area contributed by atoms with Crippen molar-refractivity contribution in [2.75, 3.05) is 14.1 Å². The highest BCUT2D eigenvalue weighted by molar-refractivity contribution is 5.85. The lowest BCUT2D eigenvalue weighted by molar-refractivity contribution is -0.275. The van der Waals surface area contributed by atoms with Crippen LogP contribution < -0.4 is 9.47 Å². The monoisotopic (exact) mass is 1310 g/mol. The number of carboxylic acid groups (broad SMARTS) is 1. The van der Waals surface area contributed by atoms with Crippen LogP contribution in [0.1, 0.15) is 195 Å². The number of alkyl halides is 8. The number of carboxylic acids is 1. The highest BCUT2D eigenvalue weighted by Crippen LogP contribution is 2.27. The van der Waals surface area contributed by atoms with Crippen molar-refractivity contribution in [2.45, 2.75) is 168 Å². The Bertz CT molecular complexity index is 2810. The number of rotatable bonds is 21. The first kappa shape index (κ1) is 36.8. The third kappa shape index (κ3) is 30.8. The smallest absolute Gasteiger partial charge is 0.480 e. The number of aliphatic carboxylic acids is 1. The number of carbonyl (C=O) groups excluding carboxylic acids is 5. The maximum Gasteiger partial charge on any atom is 0.573 e. The standard InChI is InChI=1S/C29H35F4NO7.C17H15F3O4.C12H22FNO4.31H2/c1-27(2,3)41-26(37)34(6)22(17-28(4,5)30)24(35)39-23(25(36)38-18-20-10-8-7-9-11-20)16-19-12-14-21(15-13-19)40-29(31,32)33;18-17(19,20)24-14-8-6-12(7-9-14)10-15(21)16(22)23-11-13-4-2-1-3-5-13;1-11(2,3)18-10(17)14(6)8(9(15)16)7-12(4,5)13;;;;;;;;;;;;;;;;;;;;;;;;;;;;;;;/h7-15,22-23H,16-18H2,1-6H3;1-9,15,21H,10-11H2;8H,7H2,1-6H3,(H,15,16);31*1H/t22-,23-;15-;8-;;;;;;;;;;;;;;;;;;;;;;;;;;;;;;;/m010.............................../s1/i;;;30*1+1D;1+1. The fourth-order valence-corrected chi connectivity index (χ4v) is 6.82. The van der Waals surface area contributed by atoms with Crippen LogP contribution in [0.15, 0.2) is 109 Å². The Morgan fingerprint density at radius 1 is 0.494 bits per heavy atom. The van der Waals surface area contributed by atoms with Crippen LogP contribution in [0.5, 0.6) is 11.5 Å². The number of hydrogen-bond donors (Lipinski definition) is 2. The predicted octanol–water partition coefficient (Wildman–Crippen LogP) is 19.5. The van der Waals surface area contributed by atoms with E-state index in [1.165, 1.54) is 66.1 Å². The molecule has 4 aromatic rings. The Kier molecular flexibility index (Phi) is 13.8. The molecule has 0 saturated carbocycles. The number of aliphatic hydroxyl groups is 1. The molecule has 0 aliphatic rings. The van der Waals surface area contributed by atoms with Crippen LogP contribution in [0.25, 0.3) is 0 Å². The van der Waals surface area contributed by atoms with E-state index in [0.717, 1.165) is 39.6 Å². The number of likely N-dealkylation sites (N-methyl/N-ethyl adjacent to an activating group) is 2. The molecular formula is C58H134F8N2O15. The molecule has 25 heteroatoms. The SMILES string of the molecule is CN(C(=O)OC(C)(C)C)[C@@H](CC(C)(C)F)C(=O)O.CN(C(=O)OC(C)(C)C)[C@@H](CC(C)(C)F)C(=O)O[C@@H](Cc1ccc(OC(F)(F)F)cc1)C(=O)OCc1ccccc1.O=C(OCc1ccccc1)[C@H](O)Cc1ccc(OC(F)(F)F)cc1.[2HH].[2H][2H].[2H][2H].[2H][2H].[2H][2H].[2H][2H].[2H][2H].[2H][2H].[2H][2H].[2H][2H].[2H][2H].[2H][2H].[2H][2H].[2H][2H].[2H][2H].[2H][2H].[2H][2H].[2H][2H].[2H][2H].[2H][2H].[2H][2H].[2H][2H].[2H][2H].[2H][2H].[2H][2H].[2H][2H].[2H][2H].[2H][2H].[2H][2H].[2H][2H].[2H][2H]. The minimum absolute atomic E-state index is 0. The molecule has 4 aromatic carbocycles. The Balaban J connectivity index is -0.0000000392. The number of hydrogen-bond acceptors (Lipinski definition) is 14. The summed E-state index contributed by atoms with van der Waals surface area (Å²) in [5.41, 5.74) is -2.99. The van der Waals surface area contributed by atoms with Crippen LogP contribution in [0, 0.1) is 0 Å². The first-order valence-electron chi connectivity index (χ1n) is 55.5. The summed E-state index contributed by atoms with van der Waals surface area (Å²) in [5, 5.41) is 18.9. The topological polar surface area (TPSA) is 214 Å². The molecule has 0 radical (unpaired) electrons. The molecule has 4 rings (SSSR count). The van der Waals surface area contributed by atoms with E-state index in [-0.39, 0.29) is 39.7 Å². The van der Waals surface area contributed by atoms with E-state index in [1.807, 2.05) is 6.07 Å². The van der Waals surface area contributed by atoms with Gasteiger partial charge in [-0.15, -0.1) is 26.3 Å². The van der Waals surface area contributed by atoms with Gasteiger partial charge in [-0.3, -0.25) is 9.80 Å². The zero-order valence-corrected chi connectivity index (χ0v) is 48.1. The van der Waals surface area contributed by atoms with Gasteiger partial charge in [0.1, 0.15) is 59.3 Å². The predicted molar refractivity (Wildman–Crippen MR) is 350 cm³/mol. The van der Waals surface area contributed by atoms with Crippen molar-refractivity contribution in [2.24, 2.45) is 0 Å². The van der Waals surface area contributed by atoms with Crippen molar-refractivity contribution in [3.05, 3.63) is 131 Å². The van der Waals surface area contributed by atoms with Gasteiger partial charge in [0.25, 0.3) is 0 Å². The zero-order chi connectivity index (χ0) is 123. The van der Waals surface area contributed by atoms with Crippen molar-refractivity contribution in [3.8, 4) is 11.5 Å². The van der Waals surface area contributed by atoms with Crippen LogP contribution in [0.2, 0.25) is 0 Å². The van der Waals surface area contributed by atoms with Crippen LogP contribution in [0.4, 0.5) is 44.7 Å². The molecule has 0 saturated heterocycles. The fraction of sp³-hybridized carbons (Fsp3) is 0.483. The van der Waals surface area contributed by atoms with Gasteiger partial charge in [0.15, 0.2) is 6.10 Å². The van der Waals surface area contributed by atoms with Crippen molar-refractivity contribution < 1.29 is 198 Å². The fourth-order valence-electron chi connectivity index (χ4n) is 6.82. The Morgan fingerprint density at radius 2 is 0.843 bits per heavy atom. The van der Waals surface area contributed by atoms with Gasteiger partial charge in [-0.05, 0) is 116 Å². The van der Waals surface area contributed by atoms with E-state index in [0.29, 0.717) is 16.7 Å². The summed E-state index contributed by atoms with van der Waals surface area (Å²) in [6, 6.07) is 24.4. The average molecular weight is 1310 g/mol. The van der Waals surface area contributed by atoms with Crippen LogP contribution in [0.3, 0.4) is 0 Å². The number of nitrogens with zero attached hydrogens (tertiary/aromatic N) is 2. The van der Waals surface area contributed by atoms with E-state index in [4.69, 9.17) is 118 Å². The van der Waals surface area contributed by atoms with E-state index < -0.39 is 108 Å². The van der Waals surface area contributed by atoms with Gasteiger partial charge in [-0.25, -0.2) is 37.5 Å².